The zero-order valence-electron chi connectivity index (χ0n) is 67.1. The SMILES string of the molecule is CCC(CC)[C@H]1C(=O)N(C)[C@H](C(=O)N2CCCCC2)CC(=O)N(C)[C@@H](COC)C(=O)N[C@@H]([C@@H](C)CC)C(=O)N(C)CC(=O)N(C)[C@H]2C/C=C\CCN(C2=O)[C@@H](CC2CCC(C(F)(F)F)CC2)C(=O)N(C)CC(=O)N[C@@H](CCC2CCC(Cl)C(Cl)C2)C(=O)N2C[C@H](OC(C)C)C[C@H]2C(=O)NC2(CC(C)(C)C2)C(=O)N1C. The Morgan fingerprint density at radius 3 is 1.86 bits per heavy atom. The molecular formula is C78H125Cl2F3N12O14. The van der Waals surface area contributed by atoms with Gasteiger partial charge in [-0.15, -0.1) is 23.2 Å². The first kappa shape index (κ1) is 89.9. The molecule has 7 rings (SSSR count). The average molecular weight is 1580 g/mol. The number of halogens is 5. The van der Waals surface area contributed by atoms with Gasteiger partial charge in [0, 0.05) is 87.4 Å². The van der Waals surface area contributed by atoms with Crippen molar-refractivity contribution < 1.29 is 80.2 Å². The summed E-state index contributed by atoms with van der Waals surface area (Å²) in [4.78, 5) is 195. The van der Waals surface area contributed by atoms with Crippen molar-refractivity contribution in [3.8, 4) is 0 Å². The molecule has 0 aromatic heterocycles. The number of alkyl halides is 5. The highest BCUT2D eigenvalue weighted by Gasteiger charge is 2.59. The van der Waals surface area contributed by atoms with Gasteiger partial charge in [0.2, 0.25) is 70.9 Å². The maximum absolute atomic E-state index is 15.9. The third-order valence-corrected chi connectivity index (χ3v) is 25.5. The molecule has 3 saturated heterocycles. The number of nitrogens with one attached hydrogen (secondary N) is 3. The average Bonchev–Trinajstić information content (AvgIpc) is 1.28. The normalized spacial score (nSPS) is 31.5. The highest BCUT2D eigenvalue weighted by Crippen LogP contribution is 2.50. The van der Waals surface area contributed by atoms with E-state index >= 15 is 38.4 Å². The molecule has 3 aliphatic carbocycles. The van der Waals surface area contributed by atoms with Gasteiger partial charge in [-0.2, -0.15) is 13.2 Å². The summed E-state index contributed by atoms with van der Waals surface area (Å²) in [6.45, 7) is 13.6. The van der Waals surface area contributed by atoms with Crippen molar-refractivity contribution in [3.05, 3.63) is 12.2 Å². The number of carbonyl (C=O) groups excluding carboxylic acids is 12. The molecule has 0 aromatic carbocycles. The molecule has 3 N–H and O–H groups in total. The van der Waals surface area contributed by atoms with Crippen LogP contribution in [0.25, 0.3) is 0 Å². The number of hydrogen-bond acceptors (Lipinski definition) is 14. The van der Waals surface area contributed by atoms with Crippen LogP contribution >= 0.6 is 23.2 Å². The van der Waals surface area contributed by atoms with E-state index in [-0.39, 0.29) is 113 Å². The molecule has 31 heteroatoms. The quantitative estimate of drug-likeness (QED) is 0.111. The molecule has 2 bridgehead atoms. The van der Waals surface area contributed by atoms with E-state index in [1.165, 1.54) is 73.9 Å². The number of hydrogen-bond donors (Lipinski definition) is 3. The molecule has 4 heterocycles. The van der Waals surface area contributed by atoms with Crippen LogP contribution in [-0.4, -0.2) is 293 Å². The van der Waals surface area contributed by atoms with Crippen LogP contribution in [0.15, 0.2) is 12.2 Å². The van der Waals surface area contributed by atoms with E-state index in [0.29, 0.717) is 70.9 Å². The number of nitrogens with zero attached hydrogens (tertiary/aromatic N) is 9. The molecule has 0 aromatic rings. The van der Waals surface area contributed by atoms with Crippen molar-refractivity contribution in [2.24, 2.45) is 35.0 Å². The van der Waals surface area contributed by atoms with Crippen LogP contribution in [0.5, 0.6) is 0 Å². The summed E-state index contributed by atoms with van der Waals surface area (Å²) in [5.74, 6) is -11.5. The minimum Gasteiger partial charge on any atom is -0.382 e. The lowest BCUT2D eigenvalue weighted by atomic mass is 9.58. The van der Waals surface area contributed by atoms with Crippen molar-refractivity contribution in [2.75, 3.05) is 95.3 Å². The second kappa shape index (κ2) is 39.4. The number of likely N-dealkylation sites (tertiary alicyclic amines) is 1. The number of amides is 12. The van der Waals surface area contributed by atoms with E-state index in [2.05, 4.69) is 16.0 Å². The second-order valence-corrected chi connectivity index (χ2v) is 34.5. The predicted octanol–water partition coefficient (Wildman–Crippen LogP) is 6.90. The summed E-state index contributed by atoms with van der Waals surface area (Å²) in [6.07, 6.45) is 2.83. The van der Waals surface area contributed by atoms with Gasteiger partial charge in [-0.25, -0.2) is 0 Å². The molecule has 3 saturated carbocycles. The number of carbonyl (C=O) groups is 12. The summed E-state index contributed by atoms with van der Waals surface area (Å²) >= 11 is 13.3. The molecule has 0 radical (unpaired) electrons. The van der Waals surface area contributed by atoms with E-state index < -0.39 is 186 Å². The van der Waals surface area contributed by atoms with Gasteiger partial charge >= 0.3 is 6.18 Å². The molecular weight excluding hydrogens is 1460 g/mol. The van der Waals surface area contributed by atoms with Crippen LogP contribution < -0.4 is 16.0 Å². The monoisotopic (exact) mass is 1580 g/mol. The van der Waals surface area contributed by atoms with Gasteiger partial charge in [0.25, 0.3) is 0 Å². The largest absolute Gasteiger partial charge is 0.391 e. The summed E-state index contributed by atoms with van der Waals surface area (Å²) in [5.41, 5.74) is -2.18. The molecule has 7 aliphatic rings. The fourth-order valence-electron chi connectivity index (χ4n) is 17.7. The molecule has 12 amide bonds. The van der Waals surface area contributed by atoms with E-state index in [1.807, 2.05) is 41.5 Å². The first-order valence-electron chi connectivity index (χ1n) is 39.7. The van der Waals surface area contributed by atoms with E-state index in [4.69, 9.17) is 32.7 Å². The third-order valence-electron chi connectivity index (χ3n) is 24.4. The zero-order valence-corrected chi connectivity index (χ0v) is 68.6. The molecule has 26 nitrogen and oxygen atoms in total. The van der Waals surface area contributed by atoms with Gasteiger partial charge < -0.3 is 69.5 Å². The summed E-state index contributed by atoms with van der Waals surface area (Å²) in [6, 6.07) is -10.7. The van der Waals surface area contributed by atoms with Gasteiger partial charge in [-0.05, 0) is 152 Å². The van der Waals surface area contributed by atoms with Crippen LogP contribution in [0.1, 0.15) is 197 Å². The Morgan fingerprint density at radius 2 is 1.28 bits per heavy atom. The first-order chi connectivity index (χ1) is 51.2. The van der Waals surface area contributed by atoms with Crippen LogP contribution in [0, 0.1) is 35.0 Å². The van der Waals surface area contributed by atoms with Crippen molar-refractivity contribution in [2.45, 2.75) is 280 Å². The molecule has 616 valence electrons. The van der Waals surface area contributed by atoms with Crippen molar-refractivity contribution in [1.82, 2.24) is 60.0 Å². The molecule has 109 heavy (non-hydrogen) atoms. The Labute approximate surface area is 653 Å². The zero-order chi connectivity index (χ0) is 80.9. The van der Waals surface area contributed by atoms with Crippen LogP contribution in [0.4, 0.5) is 13.2 Å². The number of piperidine rings is 1. The van der Waals surface area contributed by atoms with Gasteiger partial charge in [0.15, 0.2) is 0 Å². The van der Waals surface area contributed by atoms with Crippen LogP contribution in [0.3, 0.4) is 0 Å². The van der Waals surface area contributed by atoms with E-state index in [0.717, 1.165) is 21.1 Å². The summed E-state index contributed by atoms with van der Waals surface area (Å²) < 4.78 is 54.4. The van der Waals surface area contributed by atoms with Gasteiger partial charge in [0.05, 0.1) is 49.6 Å². The molecule has 13 atom stereocenters. The number of likely N-dealkylation sites (N-methyl/N-ethyl adjacent to an activating group) is 6. The fourth-order valence-corrected chi connectivity index (χ4v) is 18.3. The minimum absolute atomic E-state index is 0.0218. The van der Waals surface area contributed by atoms with Crippen LogP contribution in [-0.2, 0) is 67.0 Å². The maximum Gasteiger partial charge on any atom is 0.391 e. The van der Waals surface area contributed by atoms with Crippen molar-refractivity contribution >= 4 is 94.1 Å². The molecule has 4 aliphatic heterocycles. The first-order valence-corrected chi connectivity index (χ1v) is 40.6. The fraction of sp³-hybridized carbons (Fsp3) is 0.821. The Morgan fingerprint density at radius 1 is 0.642 bits per heavy atom. The third kappa shape index (κ3) is 22.5. The number of methoxy groups -OCH3 is 1. The summed E-state index contributed by atoms with van der Waals surface area (Å²) in [5, 5.41) is 8.20. The van der Waals surface area contributed by atoms with E-state index in [9.17, 15) is 32.3 Å². The number of fused-ring (bicyclic) bond motifs is 3. The second-order valence-electron chi connectivity index (χ2n) is 33.3. The number of rotatable bonds is 15. The van der Waals surface area contributed by atoms with Gasteiger partial charge in [0.1, 0.15) is 53.9 Å². The van der Waals surface area contributed by atoms with Crippen molar-refractivity contribution in [1.29, 1.82) is 0 Å². The lowest BCUT2D eigenvalue weighted by Crippen LogP contribution is -2.71. The van der Waals surface area contributed by atoms with Gasteiger partial charge in [-0.3, -0.25) is 57.5 Å². The topological polar surface area (TPSA) is 289 Å². The smallest absolute Gasteiger partial charge is 0.382 e. The Balaban J connectivity index is 1.35. The van der Waals surface area contributed by atoms with Crippen molar-refractivity contribution in [3.63, 3.8) is 0 Å². The highest BCUT2D eigenvalue weighted by atomic mass is 35.5. The maximum atomic E-state index is 15.9. The minimum atomic E-state index is -4.45. The molecule has 1 spiro atoms. The summed E-state index contributed by atoms with van der Waals surface area (Å²) in [7, 11) is 9.67. The Kier molecular flexibility index (Phi) is 32.5. The molecule has 6 fully saturated rings. The number of ether oxygens (including phenoxy) is 2. The predicted molar refractivity (Wildman–Crippen MR) is 406 cm³/mol. The standard InChI is InChI=1S/C78H125Cl2F3N12O14/c1-16-48(6)65-73(105)88(10)43-64(98)89(11)57-25-21-19-24-36-94(72(57)104)60(38-50-26-30-52(31-27-50)78(81,82)83)70(102)87(9)42-62(96)84-56(33-29-49-28-32-54(79)55(80)37-49)69(101)95-41-53(109-47(4)5)39-58(95)68(100)86-77(45-76(7,8)46-77)75(107)92(14)66(51(17-2)18-3)74(106)91(13)59(71(103)93-34-22-20-23-35-93)40-63(97)90(12)61(44-108-15)67(99)85-65/h19,21,47-61,65-66H,16-18,20,22-46H2,1-15H3,(H,84,96)(H,85,99)(H,86,100)/b21-19-/t48-,49?,50?,52?,53+,54?,55?,56-,57-,58-,59-,60-,61-,65-,66-/m0/s1. The van der Waals surface area contributed by atoms with Crippen LogP contribution in [0.2, 0.25) is 0 Å². The van der Waals surface area contributed by atoms with E-state index in [1.54, 1.807) is 30.9 Å². The Hall–Kier alpha value is -6.33. The van der Waals surface area contributed by atoms with Gasteiger partial charge in [-0.1, -0.05) is 73.0 Å². The lowest BCUT2D eigenvalue weighted by molar-refractivity contribution is -0.184. The lowest BCUT2D eigenvalue weighted by Gasteiger charge is -2.54. The highest BCUT2D eigenvalue weighted by molar-refractivity contribution is 6.30. The Bertz CT molecular complexity index is 3230. The molecule has 3 unspecified atom stereocenters.